The lowest BCUT2D eigenvalue weighted by Crippen LogP contribution is -2.18. The van der Waals surface area contributed by atoms with Gasteiger partial charge >= 0.3 is 12.4 Å². The number of hydrogen-bond acceptors (Lipinski definition) is 5. The van der Waals surface area contributed by atoms with Gasteiger partial charge in [-0.15, -0.1) is 4.39 Å². The Morgan fingerprint density at radius 1 is 1.82 bits per heavy atom. The Labute approximate surface area is 61.0 Å². The van der Waals surface area contributed by atoms with E-state index in [-0.39, 0.29) is 13.2 Å². The molecule has 0 aliphatic carbocycles. The zero-order valence-corrected chi connectivity index (χ0v) is 5.41. The molecule has 5 nitrogen and oxygen atoms in total. The maximum absolute atomic E-state index is 11.4. The lowest BCUT2D eigenvalue weighted by atomic mass is 10.4. The lowest BCUT2D eigenvalue weighted by Gasteiger charge is -2.02. The van der Waals surface area contributed by atoms with E-state index in [2.05, 4.69) is 14.2 Å². The fraction of sp³-hybridized carbons (Fsp3) is 0.600. The molecule has 62 valence electrons. The molecule has 1 atom stereocenters. The van der Waals surface area contributed by atoms with Crippen LogP contribution in [0.15, 0.2) is 0 Å². The third-order valence-electron chi connectivity index (χ3n) is 1.03. The largest absolute Gasteiger partial charge is 0.508 e. The molecule has 1 rings (SSSR count). The summed E-state index contributed by atoms with van der Waals surface area (Å²) in [6, 6.07) is 0. The van der Waals surface area contributed by atoms with Crippen LogP contribution in [0.4, 0.5) is 14.0 Å². The standard InChI is InChI=1S/C5H5FO5/c6-4(7)9-1-3-2-10-5(8)11-3/h3H,1-2H2. The fourth-order valence-electron chi connectivity index (χ4n) is 0.606. The van der Waals surface area contributed by atoms with Gasteiger partial charge in [0.2, 0.25) is 0 Å². The maximum Gasteiger partial charge on any atom is 0.508 e. The first kappa shape index (κ1) is 7.77. The highest BCUT2D eigenvalue weighted by molar-refractivity contribution is 5.62. The summed E-state index contributed by atoms with van der Waals surface area (Å²) < 4.78 is 24.1. The van der Waals surface area contributed by atoms with Gasteiger partial charge in [-0.25, -0.2) is 9.59 Å². The van der Waals surface area contributed by atoms with E-state index >= 15 is 0 Å². The van der Waals surface area contributed by atoms with Crippen molar-refractivity contribution in [3.63, 3.8) is 0 Å². The minimum absolute atomic E-state index is 0.00782. The van der Waals surface area contributed by atoms with Gasteiger partial charge < -0.3 is 14.2 Å². The van der Waals surface area contributed by atoms with Crippen LogP contribution < -0.4 is 0 Å². The van der Waals surface area contributed by atoms with Gasteiger partial charge in [-0.3, -0.25) is 0 Å². The van der Waals surface area contributed by atoms with E-state index in [4.69, 9.17) is 0 Å². The van der Waals surface area contributed by atoms with Crippen molar-refractivity contribution in [1.29, 1.82) is 0 Å². The van der Waals surface area contributed by atoms with E-state index in [1.54, 1.807) is 0 Å². The summed E-state index contributed by atoms with van der Waals surface area (Å²) in [6.45, 7) is -0.312. The van der Waals surface area contributed by atoms with Crippen LogP contribution in [0.1, 0.15) is 0 Å². The third kappa shape index (κ3) is 2.40. The summed E-state index contributed by atoms with van der Waals surface area (Å²) in [5.74, 6) is 0. The normalized spacial score (nSPS) is 22.3. The van der Waals surface area contributed by atoms with Gasteiger partial charge in [-0.05, 0) is 0 Å². The Balaban J connectivity index is 2.18. The topological polar surface area (TPSA) is 61.8 Å². The minimum atomic E-state index is -1.90. The van der Waals surface area contributed by atoms with Crippen LogP contribution >= 0.6 is 0 Å². The highest BCUT2D eigenvalue weighted by Crippen LogP contribution is 2.06. The Morgan fingerprint density at radius 2 is 2.55 bits per heavy atom. The Hall–Kier alpha value is -1.33. The fourth-order valence-corrected chi connectivity index (χ4v) is 0.606. The Kier molecular flexibility index (Phi) is 2.25. The second-order valence-corrected chi connectivity index (χ2v) is 1.85. The van der Waals surface area contributed by atoms with Crippen molar-refractivity contribution >= 4 is 12.4 Å². The second kappa shape index (κ2) is 3.18. The molecule has 1 unspecified atom stereocenters. The molecule has 0 spiro atoms. The van der Waals surface area contributed by atoms with Crippen molar-refractivity contribution < 1.29 is 28.2 Å². The first-order valence-corrected chi connectivity index (χ1v) is 2.84. The van der Waals surface area contributed by atoms with Crippen molar-refractivity contribution in [3.8, 4) is 0 Å². The van der Waals surface area contributed by atoms with Crippen LogP contribution in [0, 0.1) is 0 Å². The smallest absolute Gasteiger partial charge is 0.436 e. The number of carbonyl (C=O) groups is 2. The second-order valence-electron chi connectivity index (χ2n) is 1.85. The van der Waals surface area contributed by atoms with Crippen molar-refractivity contribution in [2.45, 2.75) is 6.10 Å². The SMILES string of the molecule is O=C(F)OCC1COC(=O)O1. The first-order valence-electron chi connectivity index (χ1n) is 2.84. The molecular formula is C5H5FO5. The van der Waals surface area contributed by atoms with Crippen molar-refractivity contribution in [3.05, 3.63) is 0 Å². The van der Waals surface area contributed by atoms with Gasteiger partial charge in [-0.1, -0.05) is 0 Å². The first-order chi connectivity index (χ1) is 5.18. The molecule has 1 aliphatic rings. The van der Waals surface area contributed by atoms with Gasteiger partial charge in [-0.2, -0.15) is 0 Å². The molecule has 6 heteroatoms. The van der Waals surface area contributed by atoms with Gasteiger partial charge in [0.05, 0.1) is 0 Å². The predicted molar refractivity (Wildman–Crippen MR) is 28.7 cm³/mol. The van der Waals surface area contributed by atoms with E-state index in [1.165, 1.54) is 0 Å². The molecule has 0 aromatic heterocycles. The molecule has 1 aliphatic heterocycles. The van der Waals surface area contributed by atoms with E-state index in [0.29, 0.717) is 0 Å². The number of carbonyl (C=O) groups excluding carboxylic acids is 2. The van der Waals surface area contributed by atoms with Crippen LogP contribution in [0.2, 0.25) is 0 Å². The van der Waals surface area contributed by atoms with Crippen molar-refractivity contribution in [1.82, 2.24) is 0 Å². The average Bonchev–Trinajstić information content (AvgIpc) is 2.31. The highest BCUT2D eigenvalue weighted by atomic mass is 19.1. The maximum atomic E-state index is 11.4. The number of ether oxygens (including phenoxy) is 3. The van der Waals surface area contributed by atoms with Gasteiger partial charge in [0, 0.05) is 0 Å². The number of cyclic esters (lactones) is 2. The summed E-state index contributed by atoms with van der Waals surface area (Å²) in [7, 11) is 0. The van der Waals surface area contributed by atoms with Gasteiger partial charge in [0.25, 0.3) is 0 Å². The number of hydrogen-bond donors (Lipinski definition) is 0. The molecule has 1 fully saturated rings. The Morgan fingerprint density at radius 3 is 3.00 bits per heavy atom. The van der Waals surface area contributed by atoms with Crippen LogP contribution in [0.25, 0.3) is 0 Å². The zero-order chi connectivity index (χ0) is 8.27. The highest BCUT2D eigenvalue weighted by Gasteiger charge is 2.26. The molecule has 0 amide bonds. The Bertz CT molecular complexity index is 180. The molecule has 1 heterocycles. The van der Waals surface area contributed by atoms with Crippen LogP contribution in [0.5, 0.6) is 0 Å². The molecular weight excluding hydrogens is 159 g/mol. The summed E-state index contributed by atoms with van der Waals surface area (Å²) in [5.41, 5.74) is 0. The van der Waals surface area contributed by atoms with Crippen LogP contribution in [0.3, 0.4) is 0 Å². The van der Waals surface area contributed by atoms with Gasteiger partial charge in [0.15, 0.2) is 6.10 Å². The van der Waals surface area contributed by atoms with E-state index in [0.717, 1.165) is 0 Å². The van der Waals surface area contributed by atoms with E-state index in [9.17, 15) is 14.0 Å². The predicted octanol–water partition coefficient (Wildman–Crippen LogP) is 0.628. The molecule has 0 aromatic rings. The van der Waals surface area contributed by atoms with E-state index < -0.39 is 18.5 Å². The summed E-state index contributed by atoms with van der Waals surface area (Å²) >= 11 is 0. The van der Waals surface area contributed by atoms with Gasteiger partial charge in [0.1, 0.15) is 13.2 Å². The zero-order valence-electron chi connectivity index (χ0n) is 5.41. The molecule has 0 radical (unpaired) electrons. The quantitative estimate of drug-likeness (QED) is 0.442. The van der Waals surface area contributed by atoms with Crippen LogP contribution in [-0.4, -0.2) is 31.7 Å². The third-order valence-corrected chi connectivity index (χ3v) is 1.03. The average molecular weight is 164 g/mol. The summed E-state index contributed by atoms with van der Waals surface area (Å²) in [6.07, 6.45) is -3.40. The number of halogens is 1. The van der Waals surface area contributed by atoms with Crippen LogP contribution in [-0.2, 0) is 14.2 Å². The van der Waals surface area contributed by atoms with E-state index in [1.807, 2.05) is 0 Å². The molecule has 0 aromatic carbocycles. The van der Waals surface area contributed by atoms with Crippen molar-refractivity contribution in [2.24, 2.45) is 0 Å². The lowest BCUT2D eigenvalue weighted by molar-refractivity contribution is 0.0614. The minimum Gasteiger partial charge on any atom is -0.436 e. The number of rotatable bonds is 2. The molecule has 0 bridgehead atoms. The monoisotopic (exact) mass is 164 g/mol. The summed E-state index contributed by atoms with van der Waals surface area (Å²) in [5, 5.41) is 0. The molecule has 1 saturated heterocycles. The molecule has 0 saturated carbocycles. The molecule has 0 N–H and O–H groups in total. The van der Waals surface area contributed by atoms with Crippen molar-refractivity contribution in [2.75, 3.05) is 13.2 Å². The molecule has 11 heavy (non-hydrogen) atoms. The summed E-state index contributed by atoms with van der Waals surface area (Å²) in [4.78, 5) is 19.8.